The number of ether oxygens (including phenoxy) is 1. The lowest BCUT2D eigenvalue weighted by Crippen LogP contribution is -2.25. The summed E-state index contributed by atoms with van der Waals surface area (Å²) < 4.78 is 31.3. The van der Waals surface area contributed by atoms with Crippen LogP contribution in [0.2, 0.25) is 5.02 Å². The number of carbonyl (C=O) groups is 1. The van der Waals surface area contributed by atoms with Gasteiger partial charge < -0.3 is 15.4 Å². The molecule has 0 heterocycles. The molecule has 0 saturated heterocycles. The Hall–Kier alpha value is -2.34. The minimum Gasteiger partial charge on any atom is -0.495 e. The second-order valence-electron chi connectivity index (χ2n) is 5.08. The predicted molar refractivity (Wildman–Crippen MR) is 89.3 cm³/mol. The van der Waals surface area contributed by atoms with Crippen LogP contribution in [0.1, 0.15) is 12.0 Å². The van der Waals surface area contributed by atoms with E-state index in [4.69, 9.17) is 16.3 Å². The van der Waals surface area contributed by atoms with Gasteiger partial charge in [0.25, 0.3) is 0 Å². The number of rotatable bonds is 7. The van der Waals surface area contributed by atoms with E-state index in [1.54, 1.807) is 25.3 Å². The SMILES string of the molecule is COc1ccc(Cl)cc1NCCC(=O)NCc1cc(F)cc(F)c1. The van der Waals surface area contributed by atoms with Crippen molar-refractivity contribution in [2.45, 2.75) is 13.0 Å². The smallest absolute Gasteiger partial charge is 0.222 e. The monoisotopic (exact) mass is 354 g/mol. The number of anilines is 1. The molecule has 0 saturated carbocycles. The number of methoxy groups -OCH3 is 1. The summed E-state index contributed by atoms with van der Waals surface area (Å²) in [6.45, 7) is 0.425. The van der Waals surface area contributed by atoms with Crippen LogP contribution in [0.15, 0.2) is 36.4 Å². The van der Waals surface area contributed by atoms with E-state index in [1.807, 2.05) is 0 Å². The topological polar surface area (TPSA) is 50.4 Å². The van der Waals surface area contributed by atoms with E-state index < -0.39 is 11.6 Å². The van der Waals surface area contributed by atoms with Crippen molar-refractivity contribution in [3.05, 3.63) is 58.6 Å². The highest BCUT2D eigenvalue weighted by atomic mass is 35.5. The standard InChI is InChI=1S/C17H17ClF2N2O2/c1-24-16-3-2-12(18)8-15(16)21-5-4-17(23)22-10-11-6-13(19)9-14(20)7-11/h2-3,6-9,21H,4-5,10H2,1H3,(H,22,23). The average Bonchev–Trinajstić information content (AvgIpc) is 2.52. The third-order valence-electron chi connectivity index (χ3n) is 3.24. The summed E-state index contributed by atoms with van der Waals surface area (Å²) in [5, 5.41) is 6.22. The Morgan fingerprint density at radius 1 is 1.17 bits per heavy atom. The largest absolute Gasteiger partial charge is 0.495 e. The molecule has 7 heteroatoms. The van der Waals surface area contributed by atoms with Gasteiger partial charge in [-0.2, -0.15) is 0 Å². The third-order valence-corrected chi connectivity index (χ3v) is 3.48. The fraction of sp³-hybridized carbons (Fsp3) is 0.235. The Morgan fingerprint density at radius 2 is 1.88 bits per heavy atom. The molecule has 0 bridgehead atoms. The van der Waals surface area contributed by atoms with Crippen molar-refractivity contribution in [1.82, 2.24) is 5.32 Å². The second kappa shape index (κ2) is 8.49. The molecular formula is C17H17ClF2N2O2. The Morgan fingerprint density at radius 3 is 2.54 bits per heavy atom. The molecule has 2 N–H and O–H groups in total. The van der Waals surface area contributed by atoms with Gasteiger partial charge in [0.2, 0.25) is 5.91 Å². The molecule has 24 heavy (non-hydrogen) atoms. The van der Waals surface area contributed by atoms with Crippen LogP contribution in [0, 0.1) is 11.6 Å². The lowest BCUT2D eigenvalue weighted by atomic mass is 10.2. The molecule has 0 radical (unpaired) electrons. The number of hydrogen-bond acceptors (Lipinski definition) is 3. The highest BCUT2D eigenvalue weighted by Crippen LogP contribution is 2.27. The van der Waals surface area contributed by atoms with Gasteiger partial charge in [-0.3, -0.25) is 4.79 Å². The number of carbonyl (C=O) groups excluding carboxylic acids is 1. The van der Waals surface area contributed by atoms with Crippen molar-refractivity contribution in [3.63, 3.8) is 0 Å². The van der Waals surface area contributed by atoms with E-state index in [-0.39, 0.29) is 18.9 Å². The molecule has 0 fully saturated rings. The van der Waals surface area contributed by atoms with E-state index in [0.717, 1.165) is 6.07 Å². The van der Waals surface area contributed by atoms with Crippen molar-refractivity contribution >= 4 is 23.2 Å². The van der Waals surface area contributed by atoms with Gasteiger partial charge in [-0.25, -0.2) is 8.78 Å². The molecule has 0 spiro atoms. The summed E-state index contributed by atoms with van der Waals surface area (Å²) in [5.74, 6) is -0.967. The number of benzene rings is 2. The molecule has 2 aromatic carbocycles. The Bertz CT molecular complexity index is 705. The minimum atomic E-state index is -0.672. The third kappa shape index (κ3) is 5.38. The summed E-state index contributed by atoms with van der Waals surface area (Å²) in [6.07, 6.45) is 0.188. The molecule has 0 aliphatic rings. The van der Waals surface area contributed by atoms with E-state index in [1.165, 1.54) is 12.1 Å². The Balaban J connectivity index is 1.80. The highest BCUT2D eigenvalue weighted by Gasteiger charge is 2.06. The zero-order valence-electron chi connectivity index (χ0n) is 13.0. The highest BCUT2D eigenvalue weighted by molar-refractivity contribution is 6.30. The zero-order chi connectivity index (χ0) is 17.5. The number of nitrogens with one attached hydrogen (secondary N) is 2. The molecule has 0 aromatic heterocycles. The summed E-state index contributed by atoms with van der Waals surface area (Å²) in [6, 6.07) is 8.28. The van der Waals surface area contributed by atoms with Gasteiger partial charge in [-0.1, -0.05) is 11.6 Å². The number of hydrogen-bond donors (Lipinski definition) is 2. The van der Waals surface area contributed by atoms with Crippen LogP contribution in [-0.2, 0) is 11.3 Å². The molecule has 1 amide bonds. The van der Waals surface area contributed by atoms with Crippen molar-refractivity contribution in [3.8, 4) is 5.75 Å². The summed E-state index contributed by atoms with van der Waals surface area (Å²) >= 11 is 5.92. The van der Waals surface area contributed by atoms with Gasteiger partial charge in [0, 0.05) is 30.6 Å². The molecule has 2 aromatic rings. The molecule has 128 valence electrons. The van der Waals surface area contributed by atoms with Crippen molar-refractivity contribution < 1.29 is 18.3 Å². The lowest BCUT2D eigenvalue weighted by Gasteiger charge is -2.11. The van der Waals surface area contributed by atoms with Crippen LogP contribution >= 0.6 is 11.6 Å². The number of halogens is 3. The summed E-state index contributed by atoms with van der Waals surface area (Å²) in [7, 11) is 1.54. The van der Waals surface area contributed by atoms with E-state index in [9.17, 15) is 13.6 Å². The predicted octanol–water partition coefficient (Wildman–Crippen LogP) is 3.75. The van der Waals surface area contributed by atoms with Crippen molar-refractivity contribution in [1.29, 1.82) is 0 Å². The summed E-state index contributed by atoms with van der Waals surface area (Å²) in [5.41, 5.74) is 1.05. The van der Waals surface area contributed by atoms with Crippen LogP contribution in [-0.4, -0.2) is 19.6 Å². The van der Waals surface area contributed by atoms with Gasteiger partial charge in [-0.15, -0.1) is 0 Å². The molecule has 0 atom stereocenters. The first kappa shape index (κ1) is 18.0. The first-order chi connectivity index (χ1) is 11.5. The maximum absolute atomic E-state index is 13.1. The fourth-order valence-corrected chi connectivity index (χ4v) is 2.30. The molecule has 4 nitrogen and oxygen atoms in total. The van der Waals surface area contributed by atoms with Crippen LogP contribution in [0.3, 0.4) is 0 Å². The maximum Gasteiger partial charge on any atom is 0.222 e. The van der Waals surface area contributed by atoms with Crippen LogP contribution in [0.4, 0.5) is 14.5 Å². The number of amides is 1. The molecular weight excluding hydrogens is 338 g/mol. The first-order valence-electron chi connectivity index (χ1n) is 7.27. The molecule has 0 unspecified atom stereocenters. The fourth-order valence-electron chi connectivity index (χ4n) is 2.13. The Kier molecular flexibility index (Phi) is 6.37. The Labute approximate surface area is 143 Å². The average molecular weight is 355 g/mol. The zero-order valence-corrected chi connectivity index (χ0v) is 13.8. The summed E-state index contributed by atoms with van der Waals surface area (Å²) in [4.78, 5) is 11.8. The van der Waals surface area contributed by atoms with Gasteiger partial charge >= 0.3 is 0 Å². The first-order valence-corrected chi connectivity index (χ1v) is 7.65. The minimum absolute atomic E-state index is 0.0635. The van der Waals surface area contributed by atoms with E-state index in [2.05, 4.69) is 10.6 Å². The van der Waals surface area contributed by atoms with Crippen molar-refractivity contribution in [2.75, 3.05) is 19.0 Å². The maximum atomic E-state index is 13.1. The quantitative estimate of drug-likeness (QED) is 0.796. The van der Waals surface area contributed by atoms with Gasteiger partial charge in [-0.05, 0) is 35.9 Å². The van der Waals surface area contributed by atoms with Crippen LogP contribution in [0.5, 0.6) is 5.75 Å². The van der Waals surface area contributed by atoms with Crippen LogP contribution < -0.4 is 15.4 Å². The van der Waals surface area contributed by atoms with Gasteiger partial charge in [0.05, 0.1) is 12.8 Å². The van der Waals surface area contributed by atoms with Gasteiger partial charge in [0.1, 0.15) is 17.4 Å². The van der Waals surface area contributed by atoms with E-state index in [0.29, 0.717) is 28.6 Å². The van der Waals surface area contributed by atoms with E-state index >= 15 is 0 Å². The molecule has 0 aliphatic carbocycles. The van der Waals surface area contributed by atoms with Crippen LogP contribution in [0.25, 0.3) is 0 Å². The van der Waals surface area contributed by atoms with Gasteiger partial charge in [0.15, 0.2) is 0 Å². The molecule has 0 aliphatic heterocycles. The van der Waals surface area contributed by atoms with Crippen molar-refractivity contribution in [2.24, 2.45) is 0 Å². The second-order valence-corrected chi connectivity index (χ2v) is 5.51. The lowest BCUT2D eigenvalue weighted by molar-refractivity contribution is -0.121. The molecule has 2 rings (SSSR count). The normalized spacial score (nSPS) is 10.3.